The lowest BCUT2D eigenvalue weighted by Crippen LogP contribution is -2.45. The van der Waals surface area contributed by atoms with Gasteiger partial charge in [-0.25, -0.2) is 12.8 Å². The fourth-order valence-electron chi connectivity index (χ4n) is 2.60. The highest BCUT2D eigenvalue weighted by atomic mass is 32.2. The van der Waals surface area contributed by atoms with E-state index in [-0.39, 0.29) is 5.69 Å². The molecule has 0 aliphatic heterocycles. The van der Waals surface area contributed by atoms with E-state index in [1.807, 2.05) is 26.0 Å². The largest absolute Gasteiger partial charge is 0.324 e. The third-order valence-corrected chi connectivity index (χ3v) is 5.05. The minimum atomic E-state index is -3.86. The molecule has 0 unspecified atom stereocenters. The van der Waals surface area contributed by atoms with Gasteiger partial charge in [-0.15, -0.1) is 0 Å². The SMILES string of the molecule is Cc1ccc(NC(=O)[C@H](C)N(c2ccccc2F)S(C)(=O)=O)c(C)c1. The molecule has 7 heteroatoms. The molecule has 0 fully saturated rings. The molecule has 0 bridgehead atoms. The van der Waals surface area contributed by atoms with Gasteiger partial charge in [0.2, 0.25) is 15.9 Å². The van der Waals surface area contributed by atoms with Crippen LogP contribution >= 0.6 is 0 Å². The molecule has 0 aliphatic rings. The lowest BCUT2D eigenvalue weighted by atomic mass is 10.1. The molecule has 0 aromatic heterocycles. The Balaban J connectivity index is 2.35. The molecule has 1 atom stereocenters. The summed E-state index contributed by atoms with van der Waals surface area (Å²) in [5.41, 5.74) is 2.34. The first-order valence-corrected chi connectivity index (χ1v) is 9.58. The number of hydrogen-bond acceptors (Lipinski definition) is 3. The van der Waals surface area contributed by atoms with Crippen molar-refractivity contribution in [1.82, 2.24) is 0 Å². The molecule has 2 aromatic rings. The lowest BCUT2D eigenvalue weighted by Gasteiger charge is -2.28. The van der Waals surface area contributed by atoms with Gasteiger partial charge in [-0.2, -0.15) is 0 Å². The van der Waals surface area contributed by atoms with Crippen LogP contribution in [-0.2, 0) is 14.8 Å². The van der Waals surface area contributed by atoms with Crippen LogP contribution in [0.15, 0.2) is 42.5 Å². The van der Waals surface area contributed by atoms with Crippen molar-refractivity contribution in [2.45, 2.75) is 26.8 Å². The van der Waals surface area contributed by atoms with Crippen molar-refractivity contribution in [3.8, 4) is 0 Å². The predicted molar refractivity (Wildman–Crippen MR) is 97.7 cm³/mol. The van der Waals surface area contributed by atoms with Gasteiger partial charge in [0.15, 0.2) is 0 Å². The van der Waals surface area contributed by atoms with Gasteiger partial charge < -0.3 is 5.32 Å². The van der Waals surface area contributed by atoms with Gasteiger partial charge in [-0.05, 0) is 44.5 Å². The Morgan fingerprint density at radius 2 is 1.80 bits per heavy atom. The highest BCUT2D eigenvalue weighted by molar-refractivity contribution is 7.92. The monoisotopic (exact) mass is 364 g/mol. The highest BCUT2D eigenvalue weighted by Crippen LogP contribution is 2.25. The van der Waals surface area contributed by atoms with Crippen LogP contribution in [0.25, 0.3) is 0 Å². The van der Waals surface area contributed by atoms with Gasteiger partial charge in [-0.3, -0.25) is 9.10 Å². The quantitative estimate of drug-likeness (QED) is 0.886. The van der Waals surface area contributed by atoms with Gasteiger partial charge in [0.1, 0.15) is 11.9 Å². The van der Waals surface area contributed by atoms with Crippen LogP contribution in [0.2, 0.25) is 0 Å². The Morgan fingerprint density at radius 3 is 2.36 bits per heavy atom. The number of amides is 1. The van der Waals surface area contributed by atoms with E-state index in [0.717, 1.165) is 27.8 Å². The second kappa shape index (κ2) is 7.23. The average molecular weight is 364 g/mol. The Kier molecular flexibility index (Phi) is 5.47. The van der Waals surface area contributed by atoms with Crippen LogP contribution in [0.3, 0.4) is 0 Å². The molecule has 0 saturated heterocycles. The normalized spacial score (nSPS) is 12.5. The number of halogens is 1. The summed E-state index contributed by atoms with van der Waals surface area (Å²) in [5.74, 6) is -1.25. The molecule has 1 N–H and O–H groups in total. The van der Waals surface area contributed by atoms with E-state index in [2.05, 4.69) is 5.32 Å². The maximum Gasteiger partial charge on any atom is 0.248 e. The third-order valence-electron chi connectivity index (χ3n) is 3.82. The van der Waals surface area contributed by atoms with Gasteiger partial charge in [-0.1, -0.05) is 29.8 Å². The van der Waals surface area contributed by atoms with E-state index in [9.17, 15) is 17.6 Å². The summed E-state index contributed by atoms with van der Waals surface area (Å²) in [5, 5.41) is 2.71. The molecule has 0 radical (unpaired) electrons. The number of nitrogens with one attached hydrogen (secondary N) is 1. The van der Waals surface area contributed by atoms with Crippen molar-refractivity contribution in [1.29, 1.82) is 0 Å². The van der Waals surface area contributed by atoms with Gasteiger partial charge in [0, 0.05) is 5.69 Å². The highest BCUT2D eigenvalue weighted by Gasteiger charge is 2.31. The fraction of sp³-hybridized carbons (Fsp3) is 0.278. The number of hydrogen-bond donors (Lipinski definition) is 1. The number of benzene rings is 2. The second-order valence-electron chi connectivity index (χ2n) is 5.99. The number of carbonyl (C=O) groups excluding carboxylic acids is 1. The third kappa shape index (κ3) is 4.36. The van der Waals surface area contributed by atoms with Crippen LogP contribution in [0.4, 0.5) is 15.8 Å². The van der Waals surface area contributed by atoms with E-state index in [1.165, 1.54) is 25.1 Å². The number of aryl methyl sites for hydroxylation is 2. The van der Waals surface area contributed by atoms with Crippen LogP contribution in [-0.4, -0.2) is 26.6 Å². The van der Waals surface area contributed by atoms with E-state index < -0.39 is 27.8 Å². The molecule has 2 rings (SSSR count). The van der Waals surface area contributed by atoms with Gasteiger partial charge in [0.05, 0.1) is 11.9 Å². The standard InChI is InChI=1S/C18H21FN2O3S/c1-12-9-10-16(13(2)11-12)20-18(22)14(3)21(25(4,23)24)17-8-6-5-7-15(17)19/h5-11,14H,1-4H3,(H,20,22)/t14-/m0/s1. The smallest absolute Gasteiger partial charge is 0.248 e. The molecular formula is C18H21FN2O3S. The number of sulfonamides is 1. The Hall–Kier alpha value is -2.41. The number of anilines is 2. The Labute approximate surface area is 147 Å². The minimum absolute atomic E-state index is 0.159. The van der Waals surface area contributed by atoms with E-state index in [1.54, 1.807) is 6.07 Å². The molecule has 0 spiro atoms. The predicted octanol–water partition coefficient (Wildman–Crippen LogP) is 3.24. The summed E-state index contributed by atoms with van der Waals surface area (Å²) in [6, 6.07) is 9.85. The summed E-state index contributed by atoms with van der Waals surface area (Å²) in [4.78, 5) is 12.6. The molecule has 0 saturated carbocycles. The van der Waals surface area contributed by atoms with Crippen LogP contribution in [0, 0.1) is 19.7 Å². The number of para-hydroxylation sites is 1. The zero-order chi connectivity index (χ0) is 18.8. The Bertz CT molecular complexity index is 897. The van der Waals surface area contributed by atoms with Crippen LogP contribution in [0.5, 0.6) is 0 Å². The molecule has 134 valence electrons. The molecular weight excluding hydrogens is 343 g/mol. The summed E-state index contributed by atoms with van der Waals surface area (Å²) in [6.45, 7) is 5.20. The first-order valence-electron chi connectivity index (χ1n) is 7.73. The maximum absolute atomic E-state index is 14.1. The molecule has 0 heterocycles. The second-order valence-corrected chi connectivity index (χ2v) is 7.85. The zero-order valence-corrected chi connectivity index (χ0v) is 15.4. The van der Waals surface area contributed by atoms with Gasteiger partial charge >= 0.3 is 0 Å². The van der Waals surface area contributed by atoms with Crippen molar-refractivity contribution in [3.63, 3.8) is 0 Å². The molecule has 25 heavy (non-hydrogen) atoms. The molecule has 2 aromatic carbocycles. The van der Waals surface area contributed by atoms with Crippen LogP contribution in [0.1, 0.15) is 18.1 Å². The van der Waals surface area contributed by atoms with Crippen molar-refractivity contribution < 1.29 is 17.6 Å². The first kappa shape index (κ1) is 18.9. The molecule has 0 aliphatic carbocycles. The summed E-state index contributed by atoms with van der Waals surface area (Å²) in [6.07, 6.45) is 0.945. The Morgan fingerprint density at radius 1 is 1.16 bits per heavy atom. The topological polar surface area (TPSA) is 66.5 Å². The zero-order valence-electron chi connectivity index (χ0n) is 14.6. The van der Waals surface area contributed by atoms with E-state index in [4.69, 9.17) is 0 Å². The summed E-state index contributed by atoms with van der Waals surface area (Å²) >= 11 is 0. The maximum atomic E-state index is 14.1. The van der Waals surface area contributed by atoms with Crippen molar-refractivity contribution >= 4 is 27.3 Å². The summed E-state index contributed by atoms with van der Waals surface area (Å²) < 4.78 is 39.2. The lowest BCUT2D eigenvalue weighted by molar-refractivity contribution is -0.116. The van der Waals surface area contributed by atoms with Crippen molar-refractivity contribution in [3.05, 3.63) is 59.4 Å². The van der Waals surface area contributed by atoms with Gasteiger partial charge in [0.25, 0.3) is 0 Å². The van der Waals surface area contributed by atoms with E-state index in [0.29, 0.717) is 5.69 Å². The number of carbonyl (C=O) groups is 1. The fourth-order valence-corrected chi connectivity index (χ4v) is 3.78. The van der Waals surface area contributed by atoms with E-state index >= 15 is 0 Å². The van der Waals surface area contributed by atoms with Crippen molar-refractivity contribution in [2.24, 2.45) is 0 Å². The van der Waals surface area contributed by atoms with Crippen LogP contribution < -0.4 is 9.62 Å². The minimum Gasteiger partial charge on any atom is -0.324 e. The number of rotatable bonds is 5. The molecule has 5 nitrogen and oxygen atoms in total. The molecule has 1 amide bonds. The average Bonchev–Trinajstić information content (AvgIpc) is 2.50. The summed E-state index contributed by atoms with van der Waals surface area (Å²) in [7, 11) is -3.86. The van der Waals surface area contributed by atoms with Crippen molar-refractivity contribution in [2.75, 3.05) is 15.9 Å². The number of nitrogens with zero attached hydrogens (tertiary/aromatic N) is 1. The first-order chi connectivity index (χ1) is 11.6.